The van der Waals surface area contributed by atoms with Crippen molar-refractivity contribution >= 4 is 8.25 Å². The van der Waals surface area contributed by atoms with E-state index >= 15 is 0 Å². The number of hydrogen-bond donors (Lipinski definition) is 0. The van der Waals surface area contributed by atoms with Crippen LogP contribution in [0.25, 0.3) is 0 Å². The van der Waals surface area contributed by atoms with Gasteiger partial charge in [0.05, 0.1) is 0 Å². The molecule has 0 radical (unpaired) electrons. The third-order valence-corrected chi connectivity index (χ3v) is 3.07. The Kier molecular flexibility index (Phi) is 16.1. The Labute approximate surface area is 129 Å². The summed E-state index contributed by atoms with van der Waals surface area (Å²) in [5.41, 5.74) is 0. The van der Waals surface area contributed by atoms with Gasteiger partial charge in [-0.15, -0.1) is 4.52 Å². The first kappa shape index (κ1) is 20.3. The van der Waals surface area contributed by atoms with Gasteiger partial charge in [-0.25, -0.2) is 0 Å². The molecule has 0 aliphatic heterocycles. The molecule has 0 N–H and O–H groups in total. The van der Waals surface area contributed by atoms with Gasteiger partial charge >= 0.3 is 37.8 Å². The molecule has 0 bridgehead atoms. The van der Waals surface area contributed by atoms with Gasteiger partial charge in [-0.3, -0.25) is 0 Å². The van der Waals surface area contributed by atoms with Crippen LogP contribution >= 0.6 is 8.25 Å². The second-order valence-electron chi connectivity index (χ2n) is 4.78. The van der Waals surface area contributed by atoms with E-state index in [1.54, 1.807) is 0 Å². The molecular weight excluding hydrogens is 246 g/mol. The summed E-state index contributed by atoms with van der Waals surface area (Å²) in [6.07, 6.45) is 7.59. The summed E-state index contributed by atoms with van der Waals surface area (Å²) in [6.45, 7) is 6.36. The van der Waals surface area contributed by atoms with E-state index in [2.05, 4.69) is 20.8 Å². The van der Waals surface area contributed by atoms with Gasteiger partial charge in [0, 0.05) is 0 Å². The van der Waals surface area contributed by atoms with Crippen LogP contribution in [0.5, 0.6) is 0 Å². The molecule has 0 aromatic rings. The minimum Gasteiger partial charge on any atom is -0.566 e. The summed E-state index contributed by atoms with van der Waals surface area (Å²) in [5.74, 6) is 0.482. The molecular formula is C12H25NaO3P+. The molecule has 0 aliphatic rings. The monoisotopic (exact) mass is 271 g/mol. The molecule has 5 heteroatoms. The zero-order chi connectivity index (χ0) is 12.4. The van der Waals surface area contributed by atoms with Crippen molar-refractivity contribution < 1.29 is 43.5 Å². The SMILES string of the molecule is CCCCCCCC(CC(C)C)O[P+](=O)[O-].[Na+]. The van der Waals surface area contributed by atoms with Crippen molar-refractivity contribution in [2.75, 3.05) is 0 Å². The average Bonchev–Trinajstić information content (AvgIpc) is 2.15. The van der Waals surface area contributed by atoms with Gasteiger partial charge in [-0.05, 0) is 23.3 Å². The van der Waals surface area contributed by atoms with Gasteiger partial charge in [0.25, 0.3) is 0 Å². The quantitative estimate of drug-likeness (QED) is 0.335. The van der Waals surface area contributed by atoms with Crippen LogP contribution in [-0.4, -0.2) is 6.10 Å². The predicted octanol–water partition coefficient (Wildman–Crippen LogP) is 0.800. The van der Waals surface area contributed by atoms with E-state index in [-0.39, 0.29) is 35.7 Å². The summed E-state index contributed by atoms with van der Waals surface area (Å²) in [5, 5.41) is 0. The fourth-order valence-electron chi connectivity index (χ4n) is 1.84. The largest absolute Gasteiger partial charge is 1.00 e. The van der Waals surface area contributed by atoms with Crippen molar-refractivity contribution in [3.05, 3.63) is 0 Å². The van der Waals surface area contributed by atoms with Crippen molar-refractivity contribution in [1.82, 2.24) is 0 Å². The molecule has 0 aromatic heterocycles. The van der Waals surface area contributed by atoms with E-state index in [1.807, 2.05) is 0 Å². The number of rotatable bonds is 10. The first-order chi connectivity index (χ1) is 7.56. The first-order valence-corrected chi connectivity index (χ1v) is 7.47. The van der Waals surface area contributed by atoms with E-state index < -0.39 is 8.25 Å². The van der Waals surface area contributed by atoms with E-state index in [0.717, 1.165) is 19.3 Å². The maximum Gasteiger partial charge on any atom is 1.00 e. The van der Waals surface area contributed by atoms with Gasteiger partial charge in [-0.2, -0.15) is 0 Å². The van der Waals surface area contributed by atoms with Crippen LogP contribution in [0, 0.1) is 5.92 Å². The maximum atomic E-state index is 10.5. The fraction of sp³-hybridized carbons (Fsp3) is 1.00. The predicted molar refractivity (Wildman–Crippen MR) is 65.3 cm³/mol. The smallest absolute Gasteiger partial charge is 0.566 e. The third-order valence-electron chi connectivity index (χ3n) is 2.60. The van der Waals surface area contributed by atoms with Crippen molar-refractivity contribution in [3.63, 3.8) is 0 Å². The Bertz CT molecular complexity index is 189. The van der Waals surface area contributed by atoms with Gasteiger partial charge in [0.2, 0.25) is 0 Å². The molecule has 17 heavy (non-hydrogen) atoms. The molecule has 0 aromatic carbocycles. The molecule has 96 valence electrons. The van der Waals surface area contributed by atoms with Crippen LogP contribution in [0.4, 0.5) is 0 Å². The van der Waals surface area contributed by atoms with Crippen LogP contribution in [-0.2, 0) is 9.09 Å². The first-order valence-electron chi connectivity index (χ1n) is 6.37. The summed E-state index contributed by atoms with van der Waals surface area (Å²) >= 11 is 0. The van der Waals surface area contributed by atoms with Crippen molar-refractivity contribution in [2.24, 2.45) is 5.92 Å². The average molecular weight is 271 g/mol. The molecule has 0 rings (SSSR count). The van der Waals surface area contributed by atoms with E-state index in [9.17, 15) is 9.46 Å². The Morgan fingerprint density at radius 2 is 1.76 bits per heavy atom. The molecule has 0 spiro atoms. The van der Waals surface area contributed by atoms with Crippen LogP contribution in [0.1, 0.15) is 65.7 Å². The van der Waals surface area contributed by atoms with Crippen LogP contribution < -0.4 is 34.5 Å². The van der Waals surface area contributed by atoms with E-state index in [4.69, 9.17) is 4.52 Å². The molecule has 0 saturated carbocycles. The van der Waals surface area contributed by atoms with Crippen LogP contribution in [0.3, 0.4) is 0 Å². The fourth-order valence-corrected chi connectivity index (χ4v) is 2.27. The van der Waals surface area contributed by atoms with E-state index in [0.29, 0.717) is 5.92 Å². The number of hydrogen-bond acceptors (Lipinski definition) is 3. The van der Waals surface area contributed by atoms with Gasteiger partial charge in [0.1, 0.15) is 6.10 Å². The van der Waals surface area contributed by atoms with Crippen LogP contribution in [0.15, 0.2) is 0 Å². The zero-order valence-corrected chi connectivity index (χ0v) is 14.7. The normalized spacial score (nSPS) is 13.4. The second-order valence-corrected chi connectivity index (χ2v) is 5.44. The molecule has 0 saturated heterocycles. The summed E-state index contributed by atoms with van der Waals surface area (Å²) in [6, 6.07) is 0. The Hall–Kier alpha value is 1.02. The Morgan fingerprint density at radius 1 is 1.18 bits per heavy atom. The van der Waals surface area contributed by atoms with Crippen LogP contribution in [0.2, 0.25) is 0 Å². The molecule has 2 atom stereocenters. The Morgan fingerprint density at radius 3 is 2.24 bits per heavy atom. The molecule has 0 heterocycles. The van der Waals surface area contributed by atoms with Crippen molar-refractivity contribution in [1.29, 1.82) is 0 Å². The van der Waals surface area contributed by atoms with Crippen molar-refractivity contribution in [2.45, 2.75) is 71.8 Å². The van der Waals surface area contributed by atoms with Gasteiger partial charge in [0.15, 0.2) is 0 Å². The molecule has 2 unspecified atom stereocenters. The van der Waals surface area contributed by atoms with Crippen molar-refractivity contribution in [3.8, 4) is 0 Å². The minimum atomic E-state index is -2.70. The van der Waals surface area contributed by atoms with Gasteiger partial charge in [-0.1, -0.05) is 52.9 Å². The third kappa shape index (κ3) is 15.0. The second kappa shape index (κ2) is 13.5. The molecule has 0 fully saturated rings. The standard InChI is InChI=1S/C12H25O3P.Na/c1-4-5-6-7-8-9-12(10-11(2)3)15-16(13)14;/h11-12H,4-10H2,1-3H3;/q;+1. The Balaban J connectivity index is 0. The molecule has 0 amide bonds. The minimum absolute atomic E-state index is 0. The molecule has 0 aliphatic carbocycles. The van der Waals surface area contributed by atoms with E-state index in [1.165, 1.54) is 25.7 Å². The molecule has 3 nitrogen and oxygen atoms in total. The zero-order valence-electron chi connectivity index (χ0n) is 11.8. The number of unbranched alkanes of at least 4 members (excludes halogenated alkanes) is 4. The summed E-state index contributed by atoms with van der Waals surface area (Å²) < 4.78 is 15.5. The topological polar surface area (TPSA) is 49.4 Å². The maximum absolute atomic E-state index is 10.5. The summed E-state index contributed by atoms with van der Waals surface area (Å²) in [7, 11) is -2.70. The summed E-state index contributed by atoms with van der Waals surface area (Å²) in [4.78, 5) is 10.5. The van der Waals surface area contributed by atoms with Gasteiger partial charge < -0.3 is 4.89 Å².